The van der Waals surface area contributed by atoms with E-state index in [0.717, 1.165) is 80.3 Å². The van der Waals surface area contributed by atoms with Crippen molar-refractivity contribution in [3.05, 3.63) is 64.7 Å². The van der Waals surface area contributed by atoms with Crippen LogP contribution in [-0.4, -0.2) is 61.9 Å². The number of rotatable bonds is 5. The lowest BCUT2D eigenvalue weighted by atomic mass is 9.99. The molecule has 0 saturated carbocycles. The first-order valence-electron chi connectivity index (χ1n) is 12.1. The molecule has 0 radical (unpaired) electrons. The highest BCUT2D eigenvalue weighted by molar-refractivity contribution is 6.31. The van der Waals surface area contributed by atoms with E-state index in [-0.39, 0.29) is 0 Å². The highest BCUT2D eigenvalue weighted by Gasteiger charge is 2.28. The average Bonchev–Trinajstić information content (AvgIpc) is 3.11. The lowest BCUT2D eigenvalue weighted by Crippen LogP contribution is -2.49. The highest BCUT2D eigenvalue weighted by atomic mass is 35.5. The molecule has 0 atom stereocenters. The second-order valence-corrected chi connectivity index (χ2v) is 9.45. The summed E-state index contributed by atoms with van der Waals surface area (Å²) in [7, 11) is 0. The molecule has 34 heavy (non-hydrogen) atoms. The molecule has 0 amide bonds. The first-order chi connectivity index (χ1) is 16.7. The van der Waals surface area contributed by atoms with Crippen LogP contribution in [0.2, 0.25) is 0 Å². The Morgan fingerprint density at radius 2 is 1.91 bits per heavy atom. The van der Waals surface area contributed by atoms with Gasteiger partial charge in [0.2, 0.25) is 0 Å². The molecule has 5 rings (SSSR count). The number of fused-ring (bicyclic) bond motifs is 1. The Hall–Kier alpha value is -2.85. The number of pyridine rings is 1. The van der Waals surface area contributed by atoms with E-state index in [4.69, 9.17) is 21.3 Å². The number of piperidine rings is 1. The average molecular weight is 476 g/mol. The summed E-state index contributed by atoms with van der Waals surface area (Å²) in [6.45, 7) is 6.18. The first-order valence-corrected chi connectivity index (χ1v) is 12.5. The van der Waals surface area contributed by atoms with Gasteiger partial charge in [0, 0.05) is 49.2 Å². The number of benzene rings is 1. The highest BCUT2D eigenvalue weighted by Crippen LogP contribution is 2.36. The number of halogens is 1. The van der Waals surface area contributed by atoms with E-state index in [0.29, 0.717) is 24.0 Å². The number of morpholine rings is 1. The maximum absolute atomic E-state index is 10.2. The van der Waals surface area contributed by atoms with Crippen LogP contribution in [0.5, 0.6) is 0 Å². The molecule has 3 heterocycles. The Balaban J connectivity index is 1.41. The number of ether oxygens (including phenoxy) is 1. The molecule has 176 valence electrons. The number of hydrogen-bond donors (Lipinski definition) is 1. The maximum Gasteiger partial charge on any atom is 0.147 e. The van der Waals surface area contributed by atoms with E-state index in [1.54, 1.807) is 0 Å². The van der Waals surface area contributed by atoms with Crippen molar-refractivity contribution in [1.82, 2.24) is 9.88 Å². The fraction of sp³-hybridized carbons (Fsp3) is 0.407. The largest absolute Gasteiger partial charge is 0.379 e. The van der Waals surface area contributed by atoms with Gasteiger partial charge in [-0.3, -0.25) is 4.90 Å². The van der Waals surface area contributed by atoms with Crippen molar-refractivity contribution in [2.24, 2.45) is 0 Å². The van der Waals surface area contributed by atoms with Crippen molar-refractivity contribution in [3.8, 4) is 6.07 Å². The molecule has 7 heteroatoms. The summed E-state index contributed by atoms with van der Waals surface area (Å²) in [5.41, 5.74) is 3.74. The van der Waals surface area contributed by atoms with Gasteiger partial charge in [0.1, 0.15) is 17.5 Å². The SMILES string of the molecule is N#Cc1c(NCC2=CC=C(Cl)C=CC2)nc2ccccc2c1N1CCC(N2CCOCC2)CC1. The summed E-state index contributed by atoms with van der Waals surface area (Å²) in [5, 5.41) is 15.4. The van der Waals surface area contributed by atoms with Crippen LogP contribution >= 0.6 is 11.6 Å². The van der Waals surface area contributed by atoms with Gasteiger partial charge in [-0.05, 0) is 43.1 Å². The lowest BCUT2D eigenvalue weighted by Gasteiger charge is -2.41. The molecule has 2 aliphatic heterocycles. The predicted molar refractivity (Wildman–Crippen MR) is 138 cm³/mol. The number of nitrogens with one attached hydrogen (secondary N) is 1. The monoisotopic (exact) mass is 475 g/mol. The van der Waals surface area contributed by atoms with E-state index in [1.807, 2.05) is 36.4 Å². The molecule has 2 saturated heterocycles. The third-order valence-electron chi connectivity index (χ3n) is 6.94. The molecule has 2 fully saturated rings. The number of aromatic nitrogens is 1. The van der Waals surface area contributed by atoms with E-state index < -0.39 is 0 Å². The Labute approximate surface area is 206 Å². The summed E-state index contributed by atoms with van der Waals surface area (Å²) < 4.78 is 5.53. The lowest BCUT2D eigenvalue weighted by molar-refractivity contribution is 0.0115. The van der Waals surface area contributed by atoms with Crippen molar-refractivity contribution in [2.45, 2.75) is 25.3 Å². The van der Waals surface area contributed by atoms with Crippen LogP contribution in [0.3, 0.4) is 0 Å². The number of allylic oxidation sites excluding steroid dienone is 5. The number of hydrogen-bond acceptors (Lipinski definition) is 6. The molecule has 1 aromatic heterocycles. The van der Waals surface area contributed by atoms with Crippen molar-refractivity contribution >= 4 is 34.0 Å². The number of para-hydroxylation sites is 1. The molecular weight excluding hydrogens is 446 g/mol. The minimum Gasteiger partial charge on any atom is -0.379 e. The number of anilines is 2. The Kier molecular flexibility index (Phi) is 7.15. The van der Waals surface area contributed by atoms with E-state index in [1.165, 1.54) is 5.57 Å². The summed E-state index contributed by atoms with van der Waals surface area (Å²) in [6, 6.07) is 11.2. The number of nitrogens with zero attached hydrogens (tertiary/aromatic N) is 4. The minimum atomic E-state index is 0.589. The first kappa shape index (κ1) is 22.9. The maximum atomic E-state index is 10.2. The normalized spacial score (nSPS) is 19.9. The minimum absolute atomic E-state index is 0.589. The van der Waals surface area contributed by atoms with Crippen LogP contribution in [0.4, 0.5) is 11.5 Å². The van der Waals surface area contributed by atoms with Gasteiger partial charge in [-0.25, -0.2) is 4.98 Å². The van der Waals surface area contributed by atoms with E-state index in [2.05, 4.69) is 33.3 Å². The van der Waals surface area contributed by atoms with Crippen molar-refractivity contribution in [2.75, 3.05) is 56.2 Å². The quantitative estimate of drug-likeness (QED) is 0.668. The third-order valence-corrected chi connectivity index (χ3v) is 7.19. The van der Waals surface area contributed by atoms with E-state index in [9.17, 15) is 5.26 Å². The fourth-order valence-electron chi connectivity index (χ4n) is 5.13. The van der Waals surface area contributed by atoms with Gasteiger partial charge in [-0.1, -0.05) is 42.0 Å². The van der Waals surface area contributed by atoms with Crippen molar-refractivity contribution in [1.29, 1.82) is 5.26 Å². The summed E-state index contributed by atoms with van der Waals surface area (Å²) in [4.78, 5) is 9.80. The van der Waals surface area contributed by atoms with Gasteiger partial charge < -0.3 is 15.0 Å². The zero-order valence-electron chi connectivity index (χ0n) is 19.3. The standard InChI is InChI=1S/C27H30ClN5O/c28-21-5-3-4-20(8-9-21)19-30-27-24(18-29)26(23-6-1-2-7-25(23)31-27)33-12-10-22(11-13-33)32-14-16-34-17-15-32/h1-3,5-9,22H,4,10-17,19H2,(H,30,31). The molecule has 6 nitrogen and oxygen atoms in total. The van der Waals surface area contributed by atoms with Gasteiger partial charge in [-0.15, -0.1) is 0 Å². The topological polar surface area (TPSA) is 64.4 Å². The second kappa shape index (κ2) is 10.6. The summed E-state index contributed by atoms with van der Waals surface area (Å²) in [5.74, 6) is 0.649. The molecule has 3 aliphatic rings. The number of nitriles is 1. The van der Waals surface area contributed by atoms with Crippen LogP contribution in [-0.2, 0) is 4.74 Å². The molecule has 1 aliphatic carbocycles. The molecule has 2 aromatic rings. The van der Waals surface area contributed by atoms with Gasteiger partial charge in [0.05, 0.1) is 24.4 Å². The van der Waals surface area contributed by atoms with Gasteiger partial charge >= 0.3 is 0 Å². The summed E-state index contributed by atoms with van der Waals surface area (Å²) >= 11 is 6.12. The van der Waals surface area contributed by atoms with Crippen LogP contribution in [0, 0.1) is 11.3 Å². The third kappa shape index (κ3) is 4.97. The smallest absolute Gasteiger partial charge is 0.147 e. The van der Waals surface area contributed by atoms with Crippen molar-refractivity contribution < 1.29 is 4.74 Å². The molecular formula is C27H30ClN5O. The van der Waals surface area contributed by atoms with Crippen LogP contribution in [0.15, 0.2) is 59.2 Å². The van der Waals surface area contributed by atoms with Crippen LogP contribution in [0.25, 0.3) is 10.9 Å². The fourth-order valence-corrected chi connectivity index (χ4v) is 5.28. The molecule has 0 spiro atoms. The van der Waals surface area contributed by atoms with Gasteiger partial charge in [0.15, 0.2) is 0 Å². The van der Waals surface area contributed by atoms with Crippen LogP contribution in [0.1, 0.15) is 24.8 Å². The molecule has 1 N–H and O–H groups in total. The molecule has 0 bridgehead atoms. The molecule has 1 aromatic carbocycles. The zero-order chi connectivity index (χ0) is 23.3. The van der Waals surface area contributed by atoms with Gasteiger partial charge in [0.25, 0.3) is 0 Å². The van der Waals surface area contributed by atoms with Crippen molar-refractivity contribution in [3.63, 3.8) is 0 Å². The van der Waals surface area contributed by atoms with Gasteiger partial charge in [-0.2, -0.15) is 5.26 Å². The second-order valence-electron chi connectivity index (χ2n) is 9.02. The Morgan fingerprint density at radius 3 is 2.71 bits per heavy atom. The molecule has 0 unspecified atom stereocenters. The summed E-state index contributed by atoms with van der Waals surface area (Å²) in [6.07, 6.45) is 10.9. The van der Waals surface area contributed by atoms with Crippen LogP contribution < -0.4 is 10.2 Å². The predicted octanol–water partition coefficient (Wildman–Crippen LogP) is 4.83. The Morgan fingerprint density at radius 1 is 1.12 bits per heavy atom. The Bertz CT molecular complexity index is 1170. The zero-order valence-corrected chi connectivity index (χ0v) is 20.1. The van der Waals surface area contributed by atoms with E-state index >= 15 is 0 Å².